The maximum absolute atomic E-state index is 12.4. The van der Waals surface area contributed by atoms with Crippen molar-refractivity contribution in [1.29, 1.82) is 0 Å². The van der Waals surface area contributed by atoms with Gasteiger partial charge in [0.25, 0.3) is 0 Å². The van der Waals surface area contributed by atoms with E-state index in [1.54, 1.807) is 50.2 Å². The number of hydrogen-bond donors (Lipinski definition) is 2. The molecule has 132 valence electrons. The van der Waals surface area contributed by atoms with Crippen molar-refractivity contribution >= 4 is 23.3 Å². The Hall–Kier alpha value is -3.46. The second-order valence-electron chi connectivity index (χ2n) is 6.27. The minimum atomic E-state index is -1.03. The van der Waals surface area contributed by atoms with Crippen molar-refractivity contribution in [3.63, 3.8) is 0 Å². The molecule has 2 aromatic rings. The Balaban J connectivity index is 2.06. The standard InChI is InChI=1S/C20H18N2O4/c1-12(23)22-16-8-5-7-15(21)14(16)11-10-13-6-4-9-17-18(13)19(24)26-20(2,3)25-17/h4-9H,21H2,1-3H3,(H,22,23). The minimum absolute atomic E-state index is 0.227. The molecule has 3 N–H and O–H groups in total. The maximum atomic E-state index is 12.4. The molecule has 1 aliphatic heterocycles. The minimum Gasteiger partial charge on any atom is -0.452 e. The lowest BCUT2D eigenvalue weighted by Gasteiger charge is -2.31. The van der Waals surface area contributed by atoms with Crippen molar-refractivity contribution < 1.29 is 19.1 Å². The summed E-state index contributed by atoms with van der Waals surface area (Å²) in [7, 11) is 0. The summed E-state index contributed by atoms with van der Waals surface area (Å²) in [6, 6.07) is 10.3. The Morgan fingerprint density at radius 3 is 2.58 bits per heavy atom. The number of rotatable bonds is 1. The van der Waals surface area contributed by atoms with E-state index in [2.05, 4.69) is 17.2 Å². The summed E-state index contributed by atoms with van der Waals surface area (Å²) in [4.78, 5) is 23.7. The second kappa shape index (κ2) is 6.45. The number of nitrogen functional groups attached to an aromatic ring is 1. The largest absolute Gasteiger partial charge is 0.452 e. The summed E-state index contributed by atoms with van der Waals surface area (Å²) in [6.07, 6.45) is 0. The molecule has 0 bridgehead atoms. The summed E-state index contributed by atoms with van der Waals surface area (Å²) in [6.45, 7) is 4.73. The van der Waals surface area contributed by atoms with Gasteiger partial charge in [0, 0.05) is 32.0 Å². The fourth-order valence-electron chi connectivity index (χ4n) is 2.62. The van der Waals surface area contributed by atoms with E-state index in [0.717, 1.165) is 0 Å². The number of fused-ring (bicyclic) bond motifs is 1. The molecule has 0 radical (unpaired) electrons. The van der Waals surface area contributed by atoms with Crippen LogP contribution < -0.4 is 15.8 Å². The normalized spacial score (nSPS) is 14.2. The van der Waals surface area contributed by atoms with E-state index in [9.17, 15) is 9.59 Å². The predicted molar refractivity (Wildman–Crippen MR) is 97.7 cm³/mol. The molecule has 3 rings (SSSR count). The highest BCUT2D eigenvalue weighted by Crippen LogP contribution is 2.33. The van der Waals surface area contributed by atoms with E-state index < -0.39 is 11.8 Å². The van der Waals surface area contributed by atoms with E-state index in [4.69, 9.17) is 15.2 Å². The molecule has 0 atom stereocenters. The van der Waals surface area contributed by atoms with Crippen molar-refractivity contribution in [3.05, 3.63) is 53.1 Å². The second-order valence-corrected chi connectivity index (χ2v) is 6.27. The number of hydrogen-bond acceptors (Lipinski definition) is 5. The summed E-state index contributed by atoms with van der Waals surface area (Å²) in [5, 5.41) is 2.69. The number of anilines is 2. The topological polar surface area (TPSA) is 90.7 Å². The highest BCUT2D eigenvalue weighted by atomic mass is 16.7. The van der Waals surface area contributed by atoms with Crippen molar-refractivity contribution in [1.82, 2.24) is 0 Å². The molecule has 6 nitrogen and oxygen atoms in total. The van der Waals surface area contributed by atoms with Crippen LogP contribution >= 0.6 is 0 Å². The molecule has 0 unspecified atom stereocenters. The first-order valence-corrected chi connectivity index (χ1v) is 8.00. The molecule has 0 aromatic heterocycles. The number of ether oxygens (including phenoxy) is 2. The van der Waals surface area contributed by atoms with Gasteiger partial charge in [-0.25, -0.2) is 4.79 Å². The van der Waals surface area contributed by atoms with Crippen LogP contribution in [-0.4, -0.2) is 17.7 Å². The average Bonchev–Trinajstić information content (AvgIpc) is 2.52. The lowest BCUT2D eigenvalue weighted by molar-refractivity contribution is -0.127. The van der Waals surface area contributed by atoms with Crippen molar-refractivity contribution in [2.75, 3.05) is 11.1 Å². The third-order valence-electron chi connectivity index (χ3n) is 3.65. The molecule has 0 spiro atoms. The lowest BCUT2D eigenvalue weighted by atomic mass is 10.0. The highest BCUT2D eigenvalue weighted by molar-refractivity contribution is 5.97. The summed E-state index contributed by atoms with van der Waals surface area (Å²) < 4.78 is 11.0. The molecular weight excluding hydrogens is 332 g/mol. The van der Waals surface area contributed by atoms with Crippen LogP contribution in [0.25, 0.3) is 0 Å². The van der Waals surface area contributed by atoms with Gasteiger partial charge < -0.3 is 20.5 Å². The first-order valence-electron chi connectivity index (χ1n) is 8.00. The molecule has 26 heavy (non-hydrogen) atoms. The van der Waals surface area contributed by atoms with Gasteiger partial charge in [-0.05, 0) is 24.3 Å². The maximum Gasteiger partial charge on any atom is 0.346 e. The Labute approximate surface area is 151 Å². The molecular formula is C20H18N2O4. The quantitative estimate of drug-likeness (QED) is 0.469. The predicted octanol–water partition coefficient (Wildman–Crippen LogP) is 2.91. The smallest absolute Gasteiger partial charge is 0.346 e. The van der Waals surface area contributed by atoms with Gasteiger partial charge in [0.2, 0.25) is 11.7 Å². The zero-order chi connectivity index (χ0) is 18.9. The number of amides is 1. The summed E-state index contributed by atoms with van der Waals surface area (Å²) >= 11 is 0. The van der Waals surface area contributed by atoms with Crippen molar-refractivity contribution in [2.24, 2.45) is 0 Å². The monoisotopic (exact) mass is 350 g/mol. The molecule has 0 saturated carbocycles. The number of carbonyl (C=O) groups excluding carboxylic acids is 2. The Morgan fingerprint density at radius 2 is 1.85 bits per heavy atom. The van der Waals surface area contributed by atoms with E-state index in [-0.39, 0.29) is 11.5 Å². The fourth-order valence-corrected chi connectivity index (χ4v) is 2.62. The van der Waals surface area contributed by atoms with Crippen molar-refractivity contribution in [2.45, 2.75) is 26.6 Å². The zero-order valence-electron chi connectivity index (χ0n) is 14.7. The fraction of sp³-hybridized carbons (Fsp3) is 0.200. The van der Waals surface area contributed by atoms with Gasteiger partial charge in [-0.2, -0.15) is 0 Å². The number of benzene rings is 2. The van der Waals surface area contributed by atoms with Crippen molar-refractivity contribution in [3.8, 4) is 17.6 Å². The molecule has 2 aromatic carbocycles. The third-order valence-corrected chi connectivity index (χ3v) is 3.65. The number of cyclic esters (lactones) is 1. The number of nitrogens with one attached hydrogen (secondary N) is 1. The Bertz CT molecular complexity index is 968. The lowest BCUT2D eigenvalue weighted by Crippen LogP contribution is -2.39. The van der Waals surface area contributed by atoms with Gasteiger partial charge in [0.05, 0.1) is 11.3 Å². The van der Waals surface area contributed by atoms with E-state index in [1.165, 1.54) is 6.92 Å². The highest BCUT2D eigenvalue weighted by Gasteiger charge is 2.35. The van der Waals surface area contributed by atoms with Gasteiger partial charge in [0.1, 0.15) is 11.3 Å². The molecule has 1 amide bonds. The Kier molecular flexibility index (Phi) is 4.31. The first kappa shape index (κ1) is 17.4. The van der Waals surface area contributed by atoms with Crippen LogP contribution in [0.4, 0.5) is 11.4 Å². The zero-order valence-corrected chi connectivity index (χ0v) is 14.7. The van der Waals surface area contributed by atoms with Gasteiger partial charge in [0.15, 0.2) is 0 Å². The molecule has 0 aliphatic carbocycles. The first-order chi connectivity index (χ1) is 12.3. The Morgan fingerprint density at radius 1 is 1.12 bits per heavy atom. The number of nitrogens with two attached hydrogens (primary N) is 1. The van der Waals surface area contributed by atoms with Gasteiger partial charge in [-0.15, -0.1) is 0 Å². The molecule has 6 heteroatoms. The molecule has 1 aliphatic rings. The SMILES string of the molecule is CC(=O)Nc1cccc(N)c1C#Cc1cccc2c1C(=O)OC(C)(C)O2. The van der Waals surface area contributed by atoms with E-state index in [1.807, 2.05) is 0 Å². The summed E-state index contributed by atoms with van der Waals surface area (Å²) in [5.41, 5.74) is 8.13. The van der Waals surface area contributed by atoms with Crippen LogP contribution in [-0.2, 0) is 9.53 Å². The average molecular weight is 350 g/mol. The van der Waals surface area contributed by atoms with Gasteiger partial charge in [-0.3, -0.25) is 4.79 Å². The van der Waals surface area contributed by atoms with Gasteiger partial charge >= 0.3 is 5.97 Å². The molecule has 0 saturated heterocycles. The summed E-state index contributed by atoms with van der Waals surface area (Å²) in [5.74, 6) is 4.55. The third kappa shape index (κ3) is 3.47. The van der Waals surface area contributed by atoms with Crippen LogP contribution in [0.15, 0.2) is 36.4 Å². The van der Waals surface area contributed by atoms with Crippen LogP contribution in [0.1, 0.15) is 42.3 Å². The number of carbonyl (C=O) groups is 2. The van der Waals surface area contributed by atoms with Crippen LogP contribution in [0, 0.1) is 11.8 Å². The van der Waals surface area contributed by atoms with E-state index in [0.29, 0.717) is 28.3 Å². The van der Waals surface area contributed by atoms with Crippen LogP contribution in [0.2, 0.25) is 0 Å². The molecule has 1 heterocycles. The van der Waals surface area contributed by atoms with Crippen LogP contribution in [0.5, 0.6) is 5.75 Å². The van der Waals surface area contributed by atoms with E-state index >= 15 is 0 Å². The number of esters is 1. The van der Waals surface area contributed by atoms with Gasteiger partial charge in [-0.1, -0.05) is 24.0 Å². The van der Waals surface area contributed by atoms with Crippen LogP contribution in [0.3, 0.4) is 0 Å². The molecule has 0 fully saturated rings.